The molecule has 2 aromatic rings. The van der Waals surface area contributed by atoms with Crippen LogP contribution in [0.15, 0.2) is 24.3 Å². The van der Waals surface area contributed by atoms with E-state index in [1.807, 2.05) is 18.2 Å². The summed E-state index contributed by atoms with van der Waals surface area (Å²) >= 11 is 7.36. The molecule has 2 rings (SSSR count). The molecule has 1 amide bonds. The SMILES string of the molecule is COC(CN)CC(=O)Nc1nnc(-c2ccccc2Cl)s1. The largest absolute Gasteiger partial charge is 0.380 e. The molecule has 0 aliphatic heterocycles. The van der Waals surface area contributed by atoms with Crippen molar-refractivity contribution < 1.29 is 9.53 Å². The number of ether oxygens (including phenoxy) is 1. The van der Waals surface area contributed by atoms with Crippen LogP contribution < -0.4 is 11.1 Å². The van der Waals surface area contributed by atoms with Crippen molar-refractivity contribution in [3.63, 3.8) is 0 Å². The van der Waals surface area contributed by atoms with Gasteiger partial charge in [0.25, 0.3) is 0 Å². The van der Waals surface area contributed by atoms with Crippen molar-refractivity contribution >= 4 is 34.0 Å². The minimum Gasteiger partial charge on any atom is -0.380 e. The highest BCUT2D eigenvalue weighted by Gasteiger charge is 2.15. The van der Waals surface area contributed by atoms with E-state index in [4.69, 9.17) is 22.1 Å². The number of methoxy groups -OCH3 is 1. The fraction of sp³-hybridized carbons (Fsp3) is 0.308. The van der Waals surface area contributed by atoms with Gasteiger partial charge in [-0.1, -0.05) is 41.1 Å². The van der Waals surface area contributed by atoms with E-state index in [9.17, 15) is 4.79 Å². The Labute approximate surface area is 131 Å². The molecule has 21 heavy (non-hydrogen) atoms. The lowest BCUT2D eigenvalue weighted by Crippen LogP contribution is -2.28. The van der Waals surface area contributed by atoms with Crippen LogP contribution in [0.3, 0.4) is 0 Å². The minimum atomic E-state index is -0.305. The first kappa shape index (κ1) is 15.8. The summed E-state index contributed by atoms with van der Waals surface area (Å²) in [6, 6.07) is 7.34. The second-order valence-corrected chi connectivity index (χ2v) is 5.62. The van der Waals surface area contributed by atoms with Crippen LogP contribution in [0, 0.1) is 0 Å². The van der Waals surface area contributed by atoms with Crippen molar-refractivity contribution in [3.05, 3.63) is 29.3 Å². The van der Waals surface area contributed by atoms with Crippen LogP contribution >= 0.6 is 22.9 Å². The van der Waals surface area contributed by atoms with E-state index in [1.54, 1.807) is 6.07 Å². The maximum Gasteiger partial charge on any atom is 0.228 e. The van der Waals surface area contributed by atoms with Crippen LogP contribution in [0.4, 0.5) is 5.13 Å². The molecule has 0 aliphatic rings. The van der Waals surface area contributed by atoms with Gasteiger partial charge in [0.1, 0.15) is 0 Å². The molecule has 0 bridgehead atoms. The molecule has 0 spiro atoms. The summed E-state index contributed by atoms with van der Waals surface area (Å²) in [4.78, 5) is 11.8. The maximum absolute atomic E-state index is 11.8. The van der Waals surface area contributed by atoms with Crippen molar-refractivity contribution in [2.75, 3.05) is 19.0 Å². The van der Waals surface area contributed by atoms with Crippen LogP contribution in [0.5, 0.6) is 0 Å². The Morgan fingerprint density at radius 1 is 1.48 bits per heavy atom. The van der Waals surface area contributed by atoms with Crippen molar-refractivity contribution in [2.45, 2.75) is 12.5 Å². The molecule has 1 atom stereocenters. The standard InChI is InChI=1S/C13H15ClN4O2S/c1-20-8(7-15)6-11(19)16-13-18-17-12(21-13)9-4-2-3-5-10(9)14/h2-5,8H,6-7,15H2,1H3,(H,16,18,19). The summed E-state index contributed by atoms with van der Waals surface area (Å²) < 4.78 is 5.06. The van der Waals surface area contributed by atoms with Crippen molar-refractivity contribution in [3.8, 4) is 10.6 Å². The fourth-order valence-corrected chi connectivity index (χ4v) is 2.74. The number of anilines is 1. The first-order valence-corrected chi connectivity index (χ1v) is 7.44. The number of carbonyl (C=O) groups is 1. The lowest BCUT2D eigenvalue weighted by molar-refractivity contribution is -0.118. The molecule has 0 aliphatic carbocycles. The molecule has 3 N–H and O–H groups in total. The lowest BCUT2D eigenvalue weighted by atomic mass is 10.2. The second kappa shape index (κ2) is 7.46. The van der Waals surface area contributed by atoms with Crippen LogP contribution in [0.2, 0.25) is 5.02 Å². The molecule has 1 heterocycles. The molecule has 8 heteroatoms. The van der Waals surface area contributed by atoms with E-state index < -0.39 is 0 Å². The van der Waals surface area contributed by atoms with Crippen molar-refractivity contribution in [1.82, 2.24) is 10.2 Å². The van der Waals surface area contributed by atoms with Gasteiger partial charge >= 0.3 is 0 Å². The van der Waals surface area contributed by atoms with E-state index in [0.29, 0.717) is 15.2 Å². The number of hydrogen-bond donors (Lipinski definition) is 2. The maximum atomic E-state index is 11.8. The normalized spacial score (nSPS) is 12.1. The molecule has 1 aromatic carbocycles. The smallest absolute Gasteiger partial charge is 0.228 e. The third-order valence-corrected chi connectivity index (χ3v) is 3.99. The third-order valence-electron chi connectivity index (χ3n) is 2.78. The molecule has 6 nitrogen and oxygen atoms in total. The highest BCUT2D eigenvalue weighted by Crippen LogP contribution is 2.31. The number of benzene rings is 1. The average Bonchev–Trinajstić information content (AvgIpc) is 2.93. The van der Waals surface area contributed by atoms with Gasteiger partial charge in [-0.05, 0) is 6.07 Å². The highest BCUT2D eigenvalue weighted by molar-refractivity contribution is 7.18. The number of halogens is 1. The van der Waals surface area contributed by atoms with Gasteiger partial charge in [0, 0.05) is 19.2 Å². The first-order chi connectivity index (χ1) is 10.1. The number of hydrogen-bond acceptors (Lipinski definition) is 6. The summed E-state index contributed by atoms with van der Waals surface area (Å²) in [5, 5.41) is 12.3. The topological polar surface area (TPSA) is 90.1 Å². The Balaban J connectivity index is 2.04. The molecule has 112 valence electrons. The zero-order chi connectivity index (χ0) is 15.2. The van der Waals surface area contributed by atoms with Crippen LogP contribution in [0.1, 0.15) is 6.42 Å². The number of carbonyl (C=O) groups excluding carboxylic acids is 1. The zero-order valence-electron chi connectivity index (χ0n) is 11.4. The molecular formula is C13H15ClN4O2S. The Hall–Kier alpha value is -1.54. The van der Waals surface area contributed by atoms with Gasteiger partial charge in [-0.2, -0.15) is 0 Å². The summed E-state index contributed by atoms with van der Waals surface area (Å²) in [6.07, 6.45) is -0.130. The number of nitrogens with one attached hydrogen (secondary N) is 1. The van der Waals surface area contributed by atoms with E-state index in [1.165, 1.54) is 18.4 Å². The van der Waals surface area contributed by atoms with E-state index in [-0.39, 0.29) is 25.0 Å². The van der Waals surface area contributed by atoms with E-state index >= 15 is 0 Å². The summed E-state index contributed by atoms with van der Waals surface area (Å²) in [7, 11) is 1.52. The monoisotopic (exact) mass is 326 g/mol. The highest BCUT2D eigenvalue weighted by atomic mass is 35.5. The minimum absolute atomic E-state index is 0.175. The van der Waals surface area contributed by atoms with Crippen molar-refractivity contribution in [2.24, 2.45) is 5.73 Å². The van der Waals surface area contributed by atoms with Gasteiger partial charge in [-0.25, -0.2) is 0 Å². The predicted molar refractivity (Wildman–Crippen MR) is 83.5 cm³/mol. The van der Waals surface area contributed by atoms with Crippen LogP contribution in [-0.2, 0) is 9.53 Å². The number of rotatable bonds is 6. The number of aromatic nitrogens is 2. The lowest BCUT2D eigenvalue weighted by Gasteiger charge is -2.11. The van der Waals surface area contributed by atoms with E-state index in [0.717, 1.165) is 5.56 Å². The summed E-state index contributed by atoms with van der Waals surface area (Å²) in [6.45, 7) is 0.283. The second-order valence-electron chi connectivity index (χ2n) is 4.24. The molecule has 1 unspecified atom stereocenters. The van der Waals surface area contributed by atoms with Gasteiger partial charge in [-0.15, -0.1) is 10.2 Å². The Bertz CT molecular complexity index is 616. The average molecular weight is 327 g/mol. The summed E-state index contributed by atoms with van der Waals surface area (Å²) in [5.74, 6) is -0.214. The number of nitrogens with zero attached hydrogens (tertiary/aromatic N) is 2. The molecule has 0 radical (unpaired) electrons. The molecule has 0 saturated carbocycles. The first-order valence-electron chi connectivity index (χ1n) is 6.25. The molecular weight excluding hydrogens is 312 g/mol. The van der Waals surface area contributed by atoms with E-state index in [2.05, 4.69) is 15.5 Å². The predicted octanol–water partition coefficient (Wildman–Crippen LogP) is 2.16. The molecule has 1 aromatic heterocycles. The third kappa shape index (κ3) is 4.21. The van der Waals surface area contributed by atoms with Gasteiger partial charge in [-0.3, -0.25) is 4.79 Å². The van der Waals surface area contributed by atoms with Gasteiger partial charge < -0.3 is 15.8 Å². The van der Waals surface area contributed by atoms with Crippen molar-refractivity contribution in [1.29, 1.82) is 0 Å². The Morgan fingerprint density at radius 3 is 2.90 bits per heavy atom. The quantitative estimate of drug-likeness (QED) is 0.849. The Kier molecular flexibility index (Phi) is 5.63. The fourth-order valence-electron chi connectivity index (χ4n) is 1.66. The van der Waals surface area contributed by atoms with Crippen LogP contribution in [0.25, 0.3) is 10.6 Å². The number of amides is 1. The van der Waals surface area contributed by atoms with Gasteiger partial charge in [0.2, 0.25) is 11.0 Å². The summed E-state index contributed by atoms with van der Waals surface area (Å²) in [5.41, 5.74) is 6.26. The molecule has 0 saturated heterocycles. The van der Waals surface area contributed by atoms with Gasteiger partial charge in [0.15, 0.2) is 5.01 Å². The zero-order valence-corrected chi connectivity index (χ0v) is 12.9. The molecule has 0 fully saturated rings. The Morgan fingerprint density at radius 2 is 2.24 bits per heavy atom. The number of nitrogens with two attached hydrogens (primary N) is 1. The van der Waals surface area contributed by atoms with Crippen LogP contribution in [-0.4, -0.2) is 35.9 Å². The van der Waals surface area contributed by atoms with Gasteiger partial charge in [0.05, 0.1) is 17.5 Å².